The zero-order chi connectivity index (χ0) is 19.4. The number of hydrogen-bond donors (Lipinski definition) is 0. The molecule has 0 aliphatic carbocycles. The average molecular weight is 386 g/mol. The number of carbonyl (C=O) groups is 1. The van der Waals surface area contributed by atoms with Crippen LogP contribution in [-0.4, -0.2) is 36.3 Å². The summed E-state index contributed by atoms with van der Waals surface area (Å²) in [6.45, 7) is 7.91. The Balaban J connectivity index is 1.71. The Bertz CT molecular complexity index is 821. The molecule has 0 bridgehead atoms. The maximum atomic E-state index is 13.1. The van der Waals surface area contributed by atoms with Crippen molar-refractivity contribution >= 4 is 17.7 Å². The van der Waals surface area contributed by atoms with E-state index >= 15 is 0 Å². The van der Waals surface area contributed by atoms with Crippen LogP contribution < -0.4 is 9.47 Å². The fourth-order valence-electron chi connectivity index (χ4n) is 3.33. The molecule has 1 amide bonds. The van der Waals surface area contributed by atoms with Gasteiger partial charge in [-0.2, -0.15) is 0 Å². The predicted molar refractivity (Wildman–Crippen MR) is 110 cm³/mol. The van der Waals surface area contributed by atoms with E-state index in [1.165, 1.54) is 16.0 Å². The van der Waals surface area contributed by atoms with Crippen molar-refractivity contribution in [3.8, 4) is 11.5 Å². The number of ether oxygens (including phenoxy) is 2. The van der Waals surface area contributed by atoms with Crippen LogP contribution >= 0.6 is 11.8 Å². The Morgan fingerprint density at radius 2 is 2.00 bits per heavy atom. The monoisotopic (exact) mass is 385 g/mol. The Labute approximate surface area is 165 Å². The van der Waals surface area contributed by atoms with E-state index < -0.39 is 0 Å². The van der Waals surface area contributed by atoms with Crippen LogP contribution in [-0.2, 0) is 17.8 Å². The summed E-state index contributed by atoms with van der Waals surface area (Å²) in [6, 6.07) is 12.3. The number of aryl methyl sites for hydroxylation is 1. The summed E-state index contributed by atoms with van der Waals surface area (Å²) in [5.41, 5.74) is 3.56. The highest BCUT2D eigenvalue weighted by molar-refractivity contribution is 8.01. The number of fused-ring (bicyclic) bond motifs is 1. The summed E-state index contributed by atoms with van der Waals surface area (Å²) in [6.07, 6.45) is 0.808. The van der Waals surface area contributed by atoms with Gasteiger partial charge in [-0.05, 0) is 56.5 Å². The molecule has 1 aliphatic heterocycles. The maximum Gasteiger partial charge on any atom is 0.236 e. The lowest BCUT2D eigenvalue weighted by molar-refractivity contribution is -0.130. The highest BCUT2D eigenvalue weighted by atomic mass is 32.2. The Morgan fingerprint density at radius 1 is 1.19 bits per heavy atom. The molecule has 1 atom stereocenters. The molecule has 0 N–H and O–H groups in total. The topological polar surface area (TPSA) is 38.8 Å². The van der Waals surface area contributed by atoms with Crippen LogP contribution in [0.1, 0.15) is 30.5 Å². The second-order valence-corrected chi connectivity index (χ2v) is 7.94. The molecule has 0 aromatic heterocycles. The lowest BCUT2D eigenvalue weighted by Crippen LogP contribution is -2.37. The summed E-state index contributed by atoms with van der Waals surface area (Å²) >= 11 is 1.69. The number of amides is 1. The van der Waals surface area contributed by atoms with Crippen molar-refractivity contribution in [2.75, 3.05) is 20.3 Å². The second kappa shape index (κ2) is 8.70. The van der Waals surface area contributed by atoms with E-state index in [9.17, 15) is 4.79 Å². The molecule has 4 nitrogen and oxygen atoms in total. The van der Waals surface area contributed by atoms with Crippen LogP contribution in [0.3, 0.4) is 0 Å². The molecular weight excluding hydrogens is 358 g/mol. The third-order valence-electron chi connectivity index (χ3n) is 4.77. The molecule has 0 fully saturated rings. The van der Waals surface area contributed by atoms with Gasteiger partial charge in [0.1, 0.15) is 0 Å². The van der Waals surface area contributed by atoms with Gasteiger partial charge in [0.25, 0.3) is 0 Å². The van der Waals surface area contributed by atoms with Crippen molar-refractivity contribution in [1.82, 2.24) is 4.90 Å². The first-order valence-corrected chi connectivity index (χ1v) is 10.3. The van der Waals surface area contributed by atoms with Crippen LogP contribution in [0.4, 0.5) is 0 Å². The van der Waals surface area contributed by atoms with Crippen LogP contribution in [0, 0.1) is 6.92 Å². The minimum atomic E-state index is -0.0358. The SMILES string of the molecule is CCOc1ccc(CN(CC)C(=O)C2Cc3ccc(C)cc3S2)cc1OC. The van der Waals surface area contributed by atoms with E-state index in [0.29, 0.717) is 25.4 Å². The summed E-state index contributed by atoms with van der Waals surface area (Å²) in [4.78, 5) is 16.3. The van der Waals surface area contributed by atoms with Gasteiger partial charge in [0.05, 0.1) is 19.0 Å². The molecule has 1 unspecified atom stereocenters. The van der Waals surface area contributed by atoms with E-state index in [2.05, 4.69) is 25.1 Å². The van der Waals surface area contributed by atoms with Gasteiger partial charge >= 0.3 is 0 Å². The van der Waals surface area contributed by atoms with Crippen molar-refractivity contribution in [1.29, 1.82) is 0 Å². The summed E-state index contributed by atoms with van der Waals surface area (Å²) in [5, 5.41) is -0.0358. The smallest absolute Gasteiger partial charge is 0.236 e. The molecule has 0 saturated carbocycles. The molecule has 2 aromatic carbocycles. The number of rotatable bonds is 7. The Hall–Kier alpha value is -2.14. The van der Waals surface area contributed by atoms with Crippen LogP contribution in [0.15, 0.2) is 41.3 Å². The van der Waals surface area contributed by atoms with E-state index in [-0.39, 0.29) is 11.2 Å². The maximum absolute atomic E-state index is 13.1. The molecule has 0 spiro atoms. The number of nitrogens with zero attached hydrogens (tertiary/aromatic N) is 1. The molecule has 144 valence electrons. The molecular formula is C22H27NO3S. The fourth-order valence-corrected chi connectivity index (χ4v) is 4.70. The molecule has 2 aromatic rings. The van der Waals surface area contributed by atoms with Crippen molar-refractivity contribution in [3.63, 3.8) is 0 Å². The van der Waals surface area contributed by atoms with Crippen molar-refractivity contribution < 1.29 is 14.3 Å². The van der Waals surface area contributed by atoms with Crippen LogP contribution in [0.2, 0.25) is 0 Å². The molecule has 3 rings (SSSR count). The first-order chi connectivity index (χ1) is 13.0. The summed E-state index contributed by atoms with van der Waals surface area (Å²) in [7, 11) is 1.64. The van der Waals surface area contributed by atoms with Crippen LogP contribution in [0.5, 0.6) is 11.5 Å². The number of thioether (sulfide) groups is 1. The highest BCUT2D eigenvalue weighted by Gasteiger charge is 2.31. The quantitative estimate of drug-likeness (QED) is 0.705. The third kappa shape index (κ3) is 4.41. The minimum absolute atomic E-state index is 0.0358. The Kier molecular flexibility index (Phi) is 6.32. The molecule has 1 aliphatic rings. The molecule has 27 heavy (non-hydrogen) atoms. The molecule has 0 saturated heterocycles. The van der Waals surface area contributed by atoms with Gasteiger partial charge < -0.3 is 14.4 Å². The largest absolute Gasteiger partial charge is 0.493 e. The number of methoxy groups -OCH3 is 1. The van der Waals surface area contributed by atoms with Gasteiger partial charge in [-0.1, -0.05) is 23.8 Å². The lowest BCUT2D eigenvalue weighted by atomic mass is 10.1. The van der Waals surface area contributed by atoms with E-state index in [4.69, 9.17) is 9.47 Å². The standard InChI is InChI=1S/C22H27NO3S/c1-5-23(14-16-8-10-18(26-6-2)19(12-16)25-4)22(24)21-13-17-9-7-15(3)11-20(17)27-21/h7-12,21H,5-6,13-14H2,1-4H3. The van der Waals surface area contributed by atoms with Gasteiger partial charge in [-0.25, -0.2) is 0 Å². The molecule has 5 heteroatoms. The van der Waals surface area contributed by atoms with Gasteiger partial charge in [0.2, 0.25) is 5.91 Å². The number of hydrogen-bond acceptors (Lipinski definition) is 4. The van der Waals surface area contributed by atoms with E-state index in [0.717, 1.165) is 17.7 Å². The molecule has 1 heterocycles. The van der Waals surface area contributed by atoms with Gasteiger partial charge in [0, 0.05) is 18.0 Å². The van der Waals surface area contributed by atoms with Crippen molar-refractivity contribution in [2.45, 2.75) is 43.9 Å². The van der Waals surface area contributed by atoms with Crippen molar-refractivity contribution in [2.24, 2.45) is 0 Å². The van der Waals surface area contributed by atoms with Gasteiger partial charge in [-0.3, -0.25) is 4.79 Å². The lowest BCUT2D eigenvalue weighted by Gasteiger charge is -2.24. The van der Waals surface area contributed by atoms with E-state index in [1.807, 2.05) is 36.9 Å². The highest BCUT2D eigenvalue weighted by Crippen LogP contribution is 2.38. The normalized spacial score (nSPS) is 15.3. The van der Waals surface area contributed by atoms with E-state index in [1.54, 1.807) is 18.9 Å². The summed E-state index contributed by atoms with van der Waals surface area (Å²) in [5.74, 6) is 1.63. The van der Waals surface area contributed by atoms with Crippen molar-refractivity contribution in [3.05, 3.63) is 53.1 Å². The average Bonchev–Trinajstić information content (AvgIpc) is 3.09. The van der Waals surface area contributed by atoms with Crippen LogP contribution in [0.25, 0.3) is 0 Å². The zero-order valence-electron chi connectivity index (χ0n) is 16.5. The second-order valence-electron chi connectivity index (χ2n) is 6.69. The molecule has 0 radical (unpaired) electrons. The number of benzene rings is 2. The fraction of sp³-hybridized carbons (Fsp3) is 0.409. The summed E-state index contributed by atoms with van der Waals surface area (Å²) < 4.78 is 11.0. The minimum Gasteiger partial charge on any atom is -0.493 e. The Morgan fingerprint density at radius 3 is 2.70 bits per heavy atom. The zero-order valence-corrected chi connectivity index (χ0v) is 17.3. The predicted octanol–water partition coefficient (Wildman–Crippen LogP) is 4.47. The number of carbonyl (C=O) groups excluding carboxylic acids is 1. The first kappa shape index (κ1) is 19.6. The first-order valence-electron chi connectivity index (χ1n) is 9.40. The third-order valence-corrected chi connectivity index (χ3v) is 6.05. The van der Waals surface area contributed by atoms with Gasteiger partial charge in [-0.15, -0.1) is 11.8 Å². The van der Waals surface area contributed by atoms with Gasteiger partial charge in [0.15, 0.2) is 11.5 Å².